The van der Waals surface area contributed by atoms with Crippen LogP contribution in [0.5, 0.6) is 0 Å². The Morgan fingerprint density at radius 2 is 0.926 bits per heavy atom. The fourth-order valence-corrected chi connectivity index (χ4v) is 6.55. The summed E-state index contributed by atoms with van der Waals surface area (Å²) in [5.74, 6) is -1.49. The van der Waals surface area contributed by atoms with E-state index < -0.39 is 18.1 Å². The van der Waals surface area contributed by atoms with E-state index >= 15 is 0 Å². The van der Waals surface area contributed by atoms with Gasteiger partial charge in [0.1, 0.15) is 6.61 Å². The van der Waals surface area contributed by atoms with Crippen LogP contribution >= 0.6 is 0 Å². The molecule has 1 N–H and O–H groups in total. The van der Waals surface area contributed by atoms with Gasteiger partial charge >= 0.3 is 17.9 Å². The molecule has 0 aliphatic rings. The number of aliphatic carboxylic acids is 1. The molecule has 0 amide bonds. The van der Waals surface area contributed by atoms with Crippen LogP contribution in [-0.2, 0) is 28.6 Å². The van der Waals surface area contributed by atoms with Gasteiger partial charge in [0, 0.05) is 19.3 Å². The minimum absolute atomic E-state index is 0.0564. The topological polar surface area (TPSA) is 99.1 Å². The largest absolute Gasteiger partial charge is 0.477 e. The first kappa shape index (κ1) is 51.8. The number of carboxylic acid groups (broad SMARTS) is 1. The summed E-state index contributed by atoms with van der Waals surface area (Å²) < 4.78 is 17.3. The van der Waals surface area contributed by atoms with Crippen molar-refractivity contribution >= 4 is 17.9 Å². The first-order valence-corrected chi connectivity index (χ1v) is 22.4. The highest BCUT2D eigenvalue weighted by molar-refractivity contribution is 5.72. The normalized spacial score (nSPS) is 13.1. The number of carbonyl (C=O) groups is 3. The number of quaternary nitrogens is 1. The molecule has 0 radical (unpaired) electrons. The van der Waals surface area contributed by atoms with Crippen LogP contribution < -0.4 is 0 Å². The van der Waals surface area contributed by atoms with Crippen molar-refractivity contribution in [3.05, 3.63) is 24.3 Å². The van der Waals surface area contributed by atoms with E-state index in [1.165, 1.54) is 116 Å². The molecule has 316 valence electrons. The van der Waals surface area contributed by atoms with Crippen LogP contribution in [0.1, 0.15) is 200 Å². The molecule has 0 rings (SSSR count). The van der Waals surface area contributed by atoms with Crippen LogP contribution in [0, 0.1) is 0 Å². The maximum Gasteiger partial charge on any atom is 0.362 e. The lowest BCUT2D eigenvalue weighted by Crippen LogP contribution is -2.50. The van der Waals surface area contributed by atoms with E-state index in [1.54, 1.807) is 0 Å². The third kappa shape index (κ3) is 35.5. The smallest absolute Gasteiger partial charge is 0.362 e. The Kier molecular flexibility index (Phi) is 36.2. The third-order valence-electron chi connectivity index (χ3n) is 10.1. The van der Waals surface area contributed by atoms with Crippen LogP contribution in [0.2, 0.25) is 0 Å². The summed E-state index contributed by atoms with van der Waals surface area (Å²) in [4.78, 5) is 36.9. The zero-order valence-electron chi connectivity index (χ0n) is 35.9. The van der Waals surface area contributed by atoms with Gasteiger partial charge in [-0.25, -0.2) is 4.79 Å². The molecule has 0 aliphatic heterocycles. The molecule has 2 atom stereocenters. The molecule has 0 spiro atoms. The van der Waals surface area contributed by atoms with Gasteiger partial charge < -0.3 is 23.8 Å². The molecule has 0 aromatic heterocycles. The van der Waals surface area contributed by atoms with Gasteiger partial charge in [-0.3, -0.25) is 9.59 Å². The highest BCUT2D eigenvalue weighted by Crippen LogP contribution is 2.14. The molecular formula is C46H86NO7+. The summed E-state index contributed by atoms with van der Waals surface area (Å²) in [6, 6.07) is -0.615. The lowest BCUT2D eigenvalue weighted by molar-refractivity contribution is -0.887. The molecule has 0 fully saturated rings. The summed E-state index contributed by atoms with van der Waals surface area (Å²) in [7, 11) is 5.52. The van der Waals surface area contributed by atoms with Gasteiger partial charge in [0.05, 0.1) is 34.4 Å². The molecule has 0 aromatic carbocycles. The average molecular weight is 765 g/mol. The number of carboxylic acids is 1. The van der Waals surface area contributed by atoms with Crippen molar-refractivity contribution in [3.63, 3.8) is 0 Å². The Hall–Kier alpha value is -2.19. The Labute approximate surface area is 332 Å². The van der Waals surface area contributed by atoms with E-state index in [9.17, 15) is 19.5 Å². The maximum absolute atomic E-state index is 12.7. The Balaban J connectivity index is 4.33. The SMILES string of the molecule is CCCCCCCC/C=C/CCCCCCCCCC(=O)OCC(COCCC(C(=O)O)[N+](C)(C)C)OC(=O)CCCCC/C=C/CCCCCCCC. The molecular weight excluding hydrogens is 679 g/mol. The average Bonchev–Trinajstić information content (AvgIpc) is 3.12. The Bertz CT molecular complexity index is 942. The van der Waals surface area contributed by atoms with Gasteiger partial charge in [-0.05, 0) is 64.2 Å². The molecule has 0 saturated carbocycles. The number of allylic oxidation sites excluding steroid dienone is 4. The van der Waals surface area contributed by atoms with Gasteiger partial charge in [0.2, 0.25) is 0 Å². The molecule has 0 saturated heterocycles. The van der Waals surface area contributed by atoms with Gasteiger partial charge in [-0.15, -0.1) is 0 Å². The van der Waals surface area contributed by atoms with Crippen molar-refractivity contribution in [2.45, 2.75) is 212 Å². The standard InChI is InChI=1S/C46H85NO7/c1-6-8-10-12-14-16-18-20-21-22-23-25-26-28-30-32-34-36-44(48)53-41-42(40-52-39-38-43(46(50)51)47(3,4)5)54-45(49)37-35-33-31-29-27-24-19-17-15-13-11-9-7-2/h20-21,24,27,42-43H,6-19,22-23,25-26,28-41H2,1-5H3/p+1/b21-20+,27-24+. The first-order chi connectivity index (χ1) is 26.1. The van der Waals surface area contributed by atoms with E-state index in [0.717, 1.165) is 51.4 Å². The lowest BCUT2D eigenvalue weighted by atomic mass is 10.1. The second kappa shape index (κ2) is 37.7. The fraction of sp³-hybridized carbons (Fsp3) is 0.848. The highest BCUT2D eigenvalue weighted by Gasteiger charge is 2.31. The number of rotatable bonds is 40. The number of carbonyl (C=O) groups excluding carboxylic acids is 2. The van der Waals surface area contributed by atoms with E-state index in [-0.39, 0.29) is 36.2 Å². The van der Waals surface area contributed by atoms with Crippen molar-refractivity contribution in [1.82, 2.24) is 0 Å². The van der Waals surface area contributed by atoms with Crippen LogP contribution in [-0.4, -0.2) is 80.6 Å². The van der Waals surface area contributed by atoms with Crippen LogP contribution in [0.15, 0.2) is 24.3 Å². The second-order valence-electron chi connectivity index (χ2n) is 16.3. The zero-order valence-corrected chi connectivity index (χ0v) is 35.9. The molecule has 8 heteroatoms. The molecule has 0 aliphatic carbocycles. The summed E-state index contributed by atoms with van der Waals surface area (Å²) >= 11 is 0. The van der Waals surface area contributed by atoms with Gasteiger partial charge in [0.15, 0.2) is 12.1 Å². The molecule has 2 unspecified atom stereocenters. The summed E-state index contributed by atoms with van der Waals surface area (Å²) in [5.41, 5.74) is 0. The Morgan fingerprint density at radius 1 is 0.537 bits per heavy atom. The quantitative estimate of drug-likeness (QED) is 0.0287. The number of hydrogen-bond acceptors (Lipinski definition) is 6. The van der Waals surface area contributed by atoms with Crippen molar-refractivity contribution in [2.75, 3.05) is 41.0 Å². The predicted molar refractivity (Wildman–Crippen MR) is 225 cm³/mol. The van der Waals surface area contributed by atoms with Crippen LogP contribution in [0.4, 0.5) is 0 Å². The number of nitrogens with zero attached hydrogens (tertiary/aromatic N) is 1. The molecule has 0 aromatic rings. The number of likely N-dealkylation sites (N-methyl/N-ethyl adjacent to an activating group) is 1. The molecule has 0 heterocycles. The van der Waals surface area contributed by atoms with E-state index in [1.807, 2.05) is 21.1 Å². The summed E-state index contributed by atoms with van der Waals surface area (Å²) in [6.45, 7) is 4.71. The highest BCUT2D eigenvalue weighted by atomic mass is 16.6. The minimum Gasteiger partial charge on any atom is -0.477 e. The second-order valence-corrected chi connectivity index (χ2v) is 16.3. The van der Waals surface area contributed by atoms with E-state index in [2.05, 4.69) is 38.2 Å². The predicted octanol–water partition coefficient (Wildman–Crippen LogP) is 12.1. The zero-order chi connectivity index (χ0) is 40.0. The number of hydrogen-bond donors (Lipinski definition) is 1. The molecule has 0 bridgehead atoms. The first-order valence-electron chi connectivity index (χ1n) is 22.4. The van der Waals surface area contributed by atoms with Crippen LogP contribution in [0.3, 0.4) is 0 Å². The van der Waals surface area contributed by atoms with E-state index in [0.29, 0.717) is 19.3 Å². The van der Waals surface area contributed by atoms with Crippen molar-refractivity contribution in [3.8, 4) is 0 Å². The lowest BCUT2D eigenvalue weighted by Gasteiger charge is -2.31. The third-order valence-corrected chi connectivity index (χ3v) is 10.1. The minimum atomic E-state index is -0.877. The monoisotopic (exact) mass is 765 g/mol. The van der Waals surface area contributed by atoms with Crippen molar-refractivity contribution in [1.29, 1.82) is 0 Å². The van der Waals surface area contributed by atoms with Gasteiger partial charge in [-0.2, -0.15) is 0 Å². The molecule has 8 nitrogen and oxygen atoms in total. The fourth-order valence-electron chi connectivity index (χ4n) is 6.55. The maximum atomic E-state index is 12.7. The summed E-state index contributed by atoms with van der Waals surface area (Å²) in [6.07, 6.45) is 40.7. The molecule has 54 heavy (non-hydrogen) atoms. The van der Waals surface area contributed by atoms with E-state index in [4.69, 9.17) is 14.2 Å². The van der Waals surface area contributed by atoms with Crippen molar-refractivity contribution < 1.29 is 38.2 Å². The summed E-state index contributed by atoms with van der Waals surface area (Å²) in [5, 5.41) is 9.61. The Morgan fingerprint density at radius 3 is 1.35 bits per heavy atom. The van der Waals surface area contributed by atoms with Crippen molar-refractivity contribution in [2.24, 2.45) is 0 Å². The number of unbranched alkanes of at least 4 members (excludes halogenated alkanes) is 22. The van der Waals surface area contributed by atoms with Gasteiger partial charge in [0.25, 0.3) is 0 Å². The van der Waals surface area contributed by atoms with Crippen LogP contribution in [0.25, 0.3) is 0 Å². The van der Waals surface area contributed by atoms with Gasteiger partial charge in [-0.1, -0.05) is 141 Å². The number of esters is 2. The number of ether oxygens (including phenoxy) is 3.